The molecule has 0 amide bonds. The fraction of sp³-hybridized carbons (Fsp3) is 0.333. The Morgan fingerprint density at radius 3 is 2.45 bits per heavy atom. The summed E-state index contributed by atoms with van der Waals surface area (Å²) in [5, 5.41) is 3.40. The van der Waals surface area contributed by atoms with Gasteiger partial charge in [-0.1, -0.05) is 43.3 Å². The number of hydrogen-bond acceptors (Lipinski definition) is 2. The number of nitrogens with one attached hydrogen (secondary N) is 1. The zero-order chi connectivity index (χ0) is 14.2. The van der Waals surface area contributed by atoms with Gasteiger partial charge in [-0.2, -0.15) is 0 Å². The average molecular weight is 269 g/mol. The van der Waals surface area contributed by atoms with Crippen LogP contribution in [-0.2, 0) is 13.2 Å². The van der Waals surface area contributed by atoms with Gasteiger partial charge in [-0.05, 0) is 48.7 Å². The first-order chi connectivity index (χ1) is 9.79. The fourth-order valence-electron chi connectivity index (χ4n) is 2.05. The summed E-state index contributed by atoms with van der Waals surface area (Å²) in [6, 6.07) is 16.7. The normalized spacial score (nSPS) is 10.5. The highest BCUT2D eigenvalue weighted by atomic mass is 16.5. The average Bonchev–Trinajstić information content (AvgIpc) is 2.48. The van der Waals surface area contributed by atoms with Gasteiger partial charge in [0.1, 0.15) is 12.4 Å². The van der Waals surface area contributed by atoms with Crippen molar-refractivity contribution in [2.45, 2.75) is 33.4 Å². The Morgan fingerprint density at radius 2 is 1.75 bits per heavy atom. The smallest absolute Gasteiger partial charge is 0.119 e. The lowest BCUT2D eigenvalue weighted by molar-refractivity contribution is 0.305. The fourth-order valence-corrected chi connectivity index (χ4v) is 2.05. The van der Waals surface area contributed by atoms with Crippen LogP contribution in [0.2, 0.25) is 0 Å². The third-order valence-corrected chi connectivity index (χ3v) is 3.33. The highest BCUT2D eigenvalue weighted by Crippen LogP contribution is 2.15. The van der Waals surface area contributed by atoms with E-state index in [2.05, 4.69) is 49.5 Å². The van der Waals surface area contributed by atoms with Gasteiger partial charge in [-0.25, -0.2) is 0 Å². The third kappa shape index (κ3) is 4.39. The Kier molecular flexibility index (Phi) is 5.63. The van der Waals surface area contributed by atoms with Crippen molar-refractivity contribution in [3.63, 3.8) is 0 Å². The van der Waals surface area contributed by atoms with Gasteiger partial charge in [-0.3, -0.25) is 0 Å². The first kappa shape index (κ1) is 14.6. The number of hydrogen-bond donors (Lipinski definition) is 1. The molecule has 0 aliphatic heterocycles. The molecule has 2 heteroatoms. The highest BCUT2D eigenvalue weighted by molar-refractivity contribution is 5.29. The maximum atomic E-state index is 5.83. The molecule has 2 aromatic carbocycles. The molecule has 0 bridgehead atoms. The van der Waals surface area contributed by atoms with Crippen LogP contribution in [-0.4, -0.2) is 6.54 Å². The van der Waals surface area contributed by atoms with E-state index in [-0.39, 0.29) is 0 Å². The van der Waals surface area contributed by atoms with Crippen LogP contribution in [0.3, 0.4) is 0 Å². The Bertz CT molecular complexity index is 519. The monoisotopic (exact) mass is 269 g/mol. The number of benzene rings is 2. The molecule has 2 nitrogen and oxygen atoms in total. The summed E-state index contributed by atoms with van der Waals surface area (Å²) in [6.07, 6.45) is 1.16. The first-order valence-corrected chi connectivity index (χ1v) is 7.26. The zero-order valence-corrected chi connectivity index (χ0v) is 12.4. The van der Waals surface area contributed by atoms with E-state index in [0.29, 0.717) is 6.61 Å². The van der Waals surface area contributed by atoms with E-state index in [0.717, 1.165) is 25.3 Å². The second-order valence-electron chi connectivity index (χ2n) is 5.04. The van der Waals surface area contributed by atoms with Crippen molar-refractivity contribution in [2.24, 2.45) is 0 Å². The van der Waals surface area contributed by atoms with Gasteiger partial charge in [0.15, 0.2) is 0 Å². The number of ether oxygens (including phenoxy) is 1. The van der Waals surface area contributed by atoms with E-state index in [1.54, 1.807) is 0 Å². The zero-order valence-electron chi connectivity index (χ0n) is 12.4. The predicted octanol–water partition coefficient (Wildman–Crippen LogP) is 4.07. The maximum absolute atomic E-state index is 5.83. The van der Waals surface area contributed by atoms with Crippen LogP contribution in [0.5, 0.6) is 5.75 Å². The molecule has 2 aromatic rings. The predicted molar refractivity (Wildman–Crippen MR) is 84.0 cm³/mol. The SMILES string of the molecule is CCCNCc1ccc(OCc2ccccc2C)cc1. The van der Waals surface area contributed by atoms with Gasteiger partial charge < -0.3 is 10.1 Å². The van der Waals surface area contributed by atoms with Crippen LogP contribution in [0.4, 0.5) is 0 Å². The van der Waals surface area contributed by atoms with E-state index in [9.17, 15) is 0 Å². The van der Waals surface area contributed by atoms with E-state index in [4.69, 9.17) is 4.74 Å². The minimum Gasteiger partial charge on any atom is -0.489 e. The van der Waals surface area contributed by atoms with Crippen LogP contribution in [0, 0.1) is 6.92 Å². The quantitative estimate of drug-likeness (QED) is 0.765. The molecule has 0 fully saturated rings. The number of rotatable bonds is 7. The molecule has 0 heterocycles. The van der Waals surface area contributed by atoms with Crippen molar-refractivity contribution in [2.75, 3.05) is 6.54 Å². The lowest BCUT2D eigenvalue weighted by Crippen LogP contribution is -2.13. The molecule has 0 spiro atoms. The first-order valence-electron chi connectivity index (χ1n) is 7.26. The van der Waals surface area contributed by atoms with Gasteiger partial charge in [-0.15, -0.1) is 0 Å². The van der Waals surface area contributed by atoms with Crippen molar-refractivity contribution in [3.8, 4) is 5.75 Å². The molecule has 1 N–H and O–H groups in total. The molecule has 0 aromatic heterocycles. The standard InChI is InChI=1S/C18H23NO/c1-3-12-19-13-16-8-10-18(11-9-16)20-14-17-7-5-4-6-15(17)2/h4-11,19H,3,12-14H2,1-2H3. The minimum atomic E-state index is 0.625. The summed E-state index contributed by atoms with van der Waals surface area (Å²) in [4.78, 5) is 0. The van der Waals surface area contributed by atoms with E-state index in [1.807, 2.05) is 18.2 Å². The molecule has 2 rings (SSSR count). The molecule has 0 saturated carbocycles. The lowest BCUT2D eigenvalue weighted by atomic mass is 10.1. The highest BCUT2D eigenvalue weighted by Gasteiger charge is 1.99. The van der Waals surface area contributed by atoms with Crippen LogP contribution >= 0.6 is 0 Å². The van der Waals surface area contributed by atoms with Crippen LogP contribution in [0.15, 0.2) is 48.5 Å². The molecule has 0 atom stereocenters. The van der Waals surface area contributed by atoms with Crippen molar-refractivity contribution >= 4 is 0 Å². The largest absolute Gasteiger partial charge is 0.489 e. The summed E-state index contributed by atoms with van der Waals surface area (Å²) in [5.41, 5.74) is 3.80. The Labute approximate surface area is 121 Å². The Hall–Kier alpha value is -1.80. The van der Waals surface area contributed by atoms with Crippen molar-refractivity contribution in [3.05, 3.63) is 65.2 Å². The molecular formula is C18H23NO. The van der Waals surface area contributed by atoms with Gasteiger partial charge in [0.2, 0.25) is 0 Å². The molecule has 0 unspecified atom stereocenters. The second kappa shape index (κ2) is 7.71. The summed E-state index contributed by atoms with van der Waals surface area (Å²) in [7, 11) is 0. The van der Waals surface area contributed by atoms with Gasteiger partial charge >= 0.3 is 0 Å². The molecule has 106 valence electrons. The van der Waals surface area contributed by atoms with Gasteiger partial charge in [0, 0.05) is 6.54 Å². The number of aryl methyl sites for hydroxylation is 1. The summed E-state index contributed by atoms with van der Waals surface area (Å²) < 4.78 is 5.83. The maximum Gasteiger partial charge on any atom is 0.119 e. The Balaban J connectivity index is 1.86. The Morgan fingerprint density at radius 1 is 1.00 bits per heavy atom. The van der Waals surface area contributed by atoms with E-state index < -0.39 is 0 Å². The van der Waals surface area contributed by atoms with Crippen molar-refractivity contribution < 1.29 is 4.74 Å². The molecule has 20 heavy (non-hydrogen) atoms. The van der Waals surface area contributed by atoms with Gasteiger partial charge in [0.05, 0.1) is 0 Å². The second-order valence-corrected chi connectivity index (χ2v) is 5.04. The minimum absolute atomic E-state index is 0.625. The van der Waals surface area contributed by atoms with Crippen molar-refractivity contribution in [1.82, 2.24) is 5.32 Å². The van der Waals surface area contributed by atoms with E-state index in [1.165, 1.54) is 16.7 Å². The van der Waals surface area contributed by atoms with Crippen LogP contribution in [0.1, 0.15) is 30.0 Å². The summed E-state index contributed by atoms with van der Waals surface area (Å²) in [6.45, 7) is 6.90. The molecule has 0 saturated heterocycles. The van der Waals surface area contributed by atoms with Crippen molar-refractivity contribution in [1.29, 1.82) is 0 Å². The lowest BCUT2D eigenvalue weighted by Gasteiger charge is -2.09. The molecular weight excluding hydrogens is 246 g/mol. The topological polar surface area (TPSA) is 21.3 Å². The molecule has 0 aliphatic rings. The summed E-state index contributed by atoms with van der Waals surface area (Å²) in [5.74, 6) is 0.924. The molecule has 0 aliphatic carbocycles. The third-order valence-electron chi connectivity index (χ3n) is 3.33. The van der Waals surface area contributed by atoms with E-state index >= 15 is 0 Å². The van der Waals surface area contributed by atoms with Crippen LogP contribution in [0.25, 0.3) is 0 Å². The van der Waals surface area contributed by atoms with Crippen LogP contribution < -0.4 is 10.1 Å². The van der Waals surface area contributed by atoms with Gasteiger partial charge in [0.25, 0.3) is 0 Å². The summed E-state index contributed by atoms with van der Waals surface area (Å²) >= 11 is 0. The molecule has 0 radical (unpaired) electrons.